The highest BCUT2D eigenvalue weighted by molar-refractivity contribution is 5.86. The summed E-state index contributed by atoms with van der Waals surface area (Å²) in [6.07, 6.45) is -6.27. The van der Waals surface area contributed by atoms with Crippen molar-refractivity contribution in [2.24, 2.45) is 5.73 Å². The van der Waals surface area contributed by atoms with E-state index in [4.69, 9.17) is 5.73 Å². The lowest BCUT2D eigenvalue weighted by Crippen LogP contribution is -2.38. The molecule has 0 saturated heterocycles. The molecule has 0 aliphatic carbocycles. The van der Waals surface area contributed by atoms with Gasteiger partial charge in [0.2, 0.25) is 0 Å². The second kappa shape index (κ2) is 6.43. The number of hydrogen-bond acceptors (Lipinski definition) is 2. The van der Waals surface area contributed by atoms with Crippen molar-refractivity contribution in [1.82, 2.24) is 0 Å². The fourth-order valence-corrected chi connectivity index (χ4v) is 2.04. The highest BCUT2D eigenvalue weighted by Crippen LogP contribution is 2.30. The fraction of sp³-hybridized carbons (Fsp3) is 0.286. The molecular weight excluding hydrogens is 291 g/mol. The SMILES string of the molecule is Cl.N[C@@H](C[C@H](O)c1cccc2ccccc12)C(F)(F)F. The molecule has 0 bridgehead atoms. The summed E-state index contributed by atoms with van der Waals surface area (Å²) in [6, 6.07) is 10.4. The van der Waals surface area contributed by atoms with Crippen LogP contribution in [0.4, 0.5) is 13.2 Å². The average molecular weight is 306 g/mol. The van der Waals surface area contributed by atoms with Gasteiger partial charge in [-0.1, -0.05) is 42.5 Å². The molecule has 6 heteroatoms. The Morgan fingerprint density at radius 2 is 1.65 bits per heavy atom. The molecule has 0 heterocycles. The first-order valence-corrected chi connectivity index (χ1v) is 5.87. The van der Waals surface area contributed by atoms with Crippen molar-refractivity contribution in [3.8, 4) is 0 Å². The summed E-state index contributed by atoms with van der Waals surface area (Å²) in [5, 5.41) is 11.6. The van der Waals surface area contributed by atoms with Gasteiger partial charge in [0.25, 0.3) is 0 Å². The van der Waals surface area contributed by atoms with Crippen molar-refractivity contribution in [2.75, 3.05) is 0 Å². The van der Waals surface area contributed by atoms with E-state index in [9.17, 15) is 18.3 Å². The fourth-order valence-electron chi connectivity index (χ4n) is 2.04. The van der Waals surface area contributed by atoms with Crippen LogP contribution in [0, 0.1) is 0 Å². The molecule has 110 valence electrons. The maximum Gasteiger partial charge on any atom is 0.403 e. The number of halogens is 4. The van der Waals surface area contributed by atoms with Crippen LogP contribution in [0.25, 0.3) is 10.8 Å². The van der Waals surface area contributed by atoms with Gasteiger partial charge in [-0.05, 0) is 16.3 Å². The molecule has 2 nitrogen and oxygen atoms in total. The van der Waals surface area contributed by atoms with E-state index >= 15 is 0 Å². The minimum Gasteiger partial charge on any atom is -0.388 e. The summed E-state index contributed by atoms with van der Waals surface area (Å²) in [5.41, 5.74) is 5.52. The van der Waals surface area contributed by atoms with E-state index < -0.39 is 24.7 Å². The molecule has 2 aromatic carbocycles. The Balaban J connectivity index is 0.00000200. The third-order valence-electron chi connectivity index (χ3n) is 3.08. The summed E-state index contributed by atoms with van der Waals surface area (Å²) in [6.45, 7) is 0. The molecule has 0 aliphatic rings. The van der Waals surface area contributed by atoms with Crippen LogP contribution in [0.2, 0.25) is 0 Å². The van der Waals surface area contributed by atoms with Gasteiger partial charge in [0.1, 0.15) is 6.04 Å². The molecule has 0 aliphatic heterocycles. The highest BCUT2D eigenvalue weighted by Gasteiger charge is 2.38. The van der Waals surface area contributed by atoms with Crippen LogP contribution in [-0.2, 0) is 0 Å². The van der Waals surface area contributed by atoms with Gasteiger partial charge in [-0.25, -0.2) is 0 Å². The molecular formula is C14H15ClF3NO. The Morgan fingerprint density at radius 3 is 2.30 bits per heavy atom. The second-order valence-corrected chi connectivity index (χ2v) is 4.47. The molecule has 0 unspecified atom stereocenters. The number of alkyl halides is 3. The van der Waals surface area contributed by atoms with Crippen molar-refractivity contribution in [3.05, 3.63) is 48.0 Å². The molecule has 3 N–H and O–H groups in total. The molecule has 0 radical (unpaired) electrons. The first-order chi connectivity index (χ1) is 8.89. The standard InChI is InChI=1S/C14H14F3NO.ClH/c15-14(16,17)13(18)8-12(19)11-7-3-5-9-4-1-2-6-10(9)11;/h1-7,12-13,19H,8,18H2;1H/t12-,13-;/m0./s1. The molecule has 20 heavy (non-hydrogen) atoms. The number of nitrogens with two attached hydrogens (primary N) is 1. The van der Waals surface area contributed by atoms with Gasteiger partial charge in [-0.3, -0.25) is 0 Å². The van der Waals surface area contributed by atoms with Crippen molar-refractivity contribution in [1.29, 1.82) is 0 Å². The third-order valence-corrected chi connectivity index (χ3v) is 3.08. The number of aliphatic hydroxyl groups excluding tert-OH is 1. The minimum atomic E-state index is -4.49. The van der Waals surface area contributed by atoms with Crippen LogP contribution in [0.5, 0.6) is 0 Å². The topological polar surface area (TPSA) is 46.2 Å². The lowest BCUT2D eigenvalue weighted by atomic mass is 9.96. The lowest BCUT2D eigenvalue weighted by molar-refractivity contribution is -0.153. The Hall–Kier alpha value is -1.30. The maximum absolute atomic E-state index is 12.4. The quantitative estimate of drug-likeness (QED) is 0.910. The zero-order valence-corrected chi connectivity index (χ0v) is 11.3. The predicted molar refractivity (Wildman–Crippen MR) is 74.8 cm³/mol. The van der Waals surface area contributed by atoms with Gasteiger partial charge in [-0.15, -0.1) is 12.4 Å². The molecule has 2 atom stereocenters. The number of hydrogen-bond donors (Lipinski definition) is 2. The van der Waals surface area contributed by atoms with E-state index in [-0.39, 0.29) is 12.4 Å². The van der Waals surface area contributed by atoms with Gasteiger partial charge >= 0.3 is 6.18 Å². The Bertz CT molecular complexity index is 568. The number of aliphatic hydroxyl groups is 1. The van der Waals surface area contributed by atoms with Gasteiger partial charge in [0.15, 0.2) is 0 Å². The Kier molecular flexibility index (Phi) is 5.39. The predicted octanol–water partition coefficient (Wildman–Crippen LogP) is 3.57. The Labute approximate surface area is 120 Å². The van der Waals surface area contributed by atoms with Crippen LogP contribution in [-0.4, -0.2) is 17.3 Å². The van der Waals surface area contributed by atoms with Crippen LogP contribution in [0.3, 0.4) is 0 Å². The van der Waals surface area contributed by atoms with Gasteiger partial charge < -0.3 is 10.8 Å². The van der Waals surface area contributed by atoms with Crippen molar-refractivity contribution in [2.45, 2.75) is 24.7 Å². The molecule has 0 amide bonds. The third kappa shape index (κ3) is 3.62. The van der Waals surface area contributed by atoms with Gasteiger partial charge in [0, 0.05) is 6.42 Å². The van der Waals surface area contributed by atoms with Gasteiger partial charge in [-0.2, -0.15) is 13.2 Å². The molecule has 0 aromatic heterocycles. The summed E-state index contributed by atoms with van der Waals surface area (Å²) in [7, 11) is 0. The molecule has 0 fully saturated rings. The van der Waals surface area contributed by atoms with E-state index in [0.717, 1.165) is 10.8 Å². The van der Waals surface area contributed by atoms with Crippen molar-refractivity contribution < 1.29 is 18.3 Å². The van der Waals surface area contributed by atoms with E-state index in [0.29, 0.717) is 5.56 Å². The largest absolute Gasteiger partial charge is 0.403 e. The highest BCUT2D eigenvalue weighted by atomic mass is 35.5. The maximum atomic E-state index is 12.4. The van der Waals surface area contributed by atoms with E-state index in [1.54, 1.807) is 24.3 Å². The molecule has 2 aromatic rings. The van der Waals surface area contributed by atoms with Crippen molar-refractivity contribution >= 4 is 23.2 Å². The van der Waals surface area contributed by atoms with Gasteiger partial charge in [0.05, 0.1) is 6.10 Å². The summed E-state index contributed by atoms with van der Waals surface area (Å²) in [4.78, 5) is 0. The normalized spacial score (nSPS) is 14.7. The second-order valence-electron chi connectivity index (χ2n) is 4.47. The van der Waals surface area contributed by atoms with Crippen LogP contribution < -0.4 is 5.73 Å². The molecule has 0 spiro atoms. The van der Waals surface area contributed by atoms with Crippen LogP contribution >= 0.6 is 12.4 Å². The first kappa shape index (κ1) is 16.8. The number of benzene rings is 2. The van der Waals surface area contributed by atoms with E-state index in [1.807, 2.05) is 18.2 Å². The average Bonchev–Trinajstić information content (AvgIpc) is 2.36. The molecule has 2 rings (SSSR count). The zero-order chi connectivity index (χ0) is 14.0. The monoisotopic (exact) mass is 305 g/mol. The summed E-state index contributed by atoms with van der Waals surface area (Å²) >= 11 is 0. The molecule has 0 saturated carbocycles. The minimum absolute atomic E-state index is 0. The first-order valence-electron chi connectivity index (χ1n) is 5.87. The lowest BCUT2D eigenvalue weighted by Gasteiger charge is -2.20. The summed E-state index contributed by atoms with van der Waals surface area (Å²) in [5.74, 6) is 0. The Morgan fingerprint density at radius 1 is 1.05 bits per heavy atom. The number of rotatable bonds is 3. The smallest absolute Gasteiger partial charge is 0.388 e. The number of fused-ring (bicyclic) bond motifs is 1. The van der Waals surface area contributed by atoms with Crippen LogP contribution in [0.1, 0.15) is 18.1 Å². The zero-order valence-electron chi connectivity index (χ0n) is 10.5. The summed E-state index contributed by atoms with van der Waals surface area (Å²) < 4.78 is 37.2. The van der Waals surface area contributed by atoms with Crippen LogP contribution in [0.15, 0.2) is 42.5 Å². The van der Waals surface area contributed by atoms with E-state index in [1.165, 1.54) is 0 Å². The van der Waals surface area contributed by atoms with Crippen molar-refractivity contribution in [3.63, 3.8) is 0 Å². The van der Waals surface area contributed by atoms with E-state index in [2.05, 4.69) is 0 Å².